The van der Waals surface area contributed by atoms with Crippen LogP contribution in [-0.2, 0) is 6.42 Å². The van der Waals surface area contributed by atoms with Crippen molar-refractivity contribution in [3.63, 3.8) is 0 Å². The van der Waals surface area contributed by atoms with Crippen LogP contribution in [-0.4, -0.2) is 10.1 Å². The van der Waals surface area contributed by atoms with E-state index < -0.39 is 6.10 Å². The zero-order valence-corrected chi connectivity index (χ0v) is 10.4. The van der Waals surface area contributed by atoms with Crippen LogP contribution in [0, 0.1) is 6.92 Å². The summed E-state index contributed by atoms with van der Waals surface area (Å²) < 4.78 is 0. The number of aryl methyl sites for hydroxylation is 1. The molecule has 16 heavy (non-hydrogen) atoms. The SMILES string of the molecule is Cc1ncc(C(O)Cc2cccc(Cl)c2)s1. The van der Waals surface area contributed by atoms with Crippen LogP contribution in [0.4, 0.5) is 0 Å². The van der Waals surface area contributed by atoms with Crippen LogP contribution in [0.5, 0.6) is 0 Å². The largest absolute Gasteiger partial charge is 0.387 e. The summed E-state index contributed by atoms with van der Waals surface area (Å²) in [5.41, 5.74) is 1.03. The van der Waals surface area contributed by atoms with Gasteiger partial charge in [0.15, 0.2) is 0 Å². The Morgan fingerprint density at radius 2 is 2.31 bits per heavy atom. The van der Waals surface area contributed by atoms with Crippen LogP contribution in [0.1, 0.15) is 21.6 Å². The van der Waals surface area contributed by atoms with Crippen LogP contribution in [0.25, 0.3) is 0 Å². The van der Waals surface area contributed by atoms with Gasteiger partial charge in [-0.15, -0.1) is 11.3 Å². The smallest absolute Gasteiger partial charge is 0.0938 e. The molecule has 0 aliphatic carbocycles. The van der Waals surface area contributed by atoms with Crippen molar-refractivity contribution in [2.24, 2.45) is 0 Å². The molecule has 0 fully saturated rings. The second kappa shape index (κ2) is 4.95. The van der Waals surface area contributed by atoms with Gasteiger partial charge in [-0.1, -0.05) is 23.7 Å². The van der Waals surface area contributed by atoms with Gasteiger partial charge in [0.2, 0.25) is 0 Å². The van der Waals surface area contributed by atoms with E-state index in [1.54, 1.807) is 6.20 Å². The number of hydrogen-bond acceptors (Lipinski definition) is 3. The minimum absolute atomic E-state index is 0.496. The first kappa shape index (κ1) is 11.6. The zero-order chi connectivity index (χ0) is 11.5. The number of hydrogen-bond donors (Lipinski definition) is 1. The first-order valence-electron chi connectivity index (χ1n) is 5.00. The molecule has 0 saturated carbocycles. The molecule has 1 N–H and O–H groups in total. The third kappa shape index (κ3) is 2.82. The van der Waals surface area contributed by atoms with Gasteiger partial charge in [0.05, 0.1) is 16.0 Å². The van der Waals surface area contributed by atoms with Crippen LogP contribution in [0.2, 0.25) is 5.02 Å². The Kier molecular flexibility index (Phi) is 3.59. The van der Waals surface area contributed by atoms with Gasteiger partial charge in [-0.05, 0) is 24.6 Å². The lowest BCUT2D eigenvalue weighted by Crippen LogP contribution is -1.99. The molecule has 0 bridgehead atoms. The molecule has 1 aromatic heterocycles. The predicted octanol–water partition coefficient (Wildman–Crippen LogP) is 3.38. The van der Waals surface area contributed by atoms with Gasteiger partial charge in [-0.2, -0.15) is 0 Å². The Hall–Kier alpha value is -0.900. The van der Waals surface area contributed by atoms with Crippen molar-refractivity contribution in [1.82, 2.24) is 4.98 Å². The molecule has 2 nitrogen and oxygen atoms in total. The number of halogens is 1. The van der Waals surface area contributed by atoms with Gasteiger partial charge in [0, 0.05) is 17.6 Å². The van der Waals surface area contributed by atoms with Gasteiger partial charge in [-0.25, -0.2) is 4.98 Å². The minimum atomic E-state index is -0.496. The van der Waals surface area contributed by atoms with E-state index >= 15 is 0 Å². The average molecular weight is 254 g/mol. The average Bonchev–Trinajstić information content (AvgIpc) is 2.65. The highest BCUT2D eigenvalue weighted by Crippen LogP contribution is 2.24. The first-order valence-corrected chi connectivity index (χ1v) is 6.19. The third-order valence-electron chi connectivity index (χ3n) is 2.29. The summed E-state index contributed by atoms with van der Waals surface area (Å²) >= 11 is 7.41. The van der Waals surface area contributed by atoms with Crippen molar-refractivity contribution >= 4 is 22.9 Å². The van der Waals surface area contributed by atoms with Crippen molar-refractivity contribution in [1.29, 1.82) is 0 Å². The Labute approximate surface area is 104 Å². The molecule has 0 amide bonds. The van der Waals surface area contributed by atoms with Gasteiger partial charge in [0.1, 0.15) is 0 Å². The molecule has 0 radical (unpaired) electrons. The molecule has 84 valence electrons. The fourth-order valence-electron chi connectivity index (χ4n) is 1.52. The Bertz CT molecular complexity index is 483. The Morgan fingerprint density at radius 1 is 1.50 bits per heavy atom. The summed E-state index contributed by atoms with van der Waals surface area (Å²) in [5, 5.41) is 11.7. The molecule has 1 atom stereocenters. The maximum Gasteiger partial charge on any atom is 0.0938 e. The molecule has 1 heterocycles. The highest BCUT2D eigenvalue weighted by Gasteiger charge is 2.11. The maximum absolute atomic E-state index is 10.0. The lowest BCUT2D eigenvalue weighted by atomic mass is 10.1. The van der Waals surface area contributed by atoms with Crippen molar-refractivity contribution in [2.75, 3.05) is 0 Å². The van der Waals surface area contributed by atoms with E-state index in [-0.39, 0.29) is 0 Å². The summed E-state index contributed by atoms with van der Waals surface area (Å²) in [5.74, 6) is 0. The first-order chi connectivity index (χ1) is 7.65. The summed E-state index contributed by atoms with van der Waals surface area (Å²) in [4.78, 5) is 5.03. The van der Waals surface area contributed by atoms with Crippen molar-refractivity contribution in [3.8, 4) is 0 Å². The molecule has 0 saturated heterocycles. The quantitative estimate of drug-likeness (QED) is 0.910. The van der Waals surface area contributed by atoms with E-state index in [4.69, 9.17) is 11.6 Å². The number of aliphatic hydroxyl groups is 1. The topological polar surface area (TPSA) is 33.1 Å². The molecule has 2 rings (SSSR count). The molecule has 1 aromatic carbocycles. The lowest BCUT2D eigenvalue weighted by molar-refractivity contribution is 0.182. The molecular formula is C12H12ClNOS. The molecule has 4 heteroatoms. The van der Waals surface area contributed by atoms with Gasteiger partial charge < -0.3 is 5.11 Å². The zero-order valence-electron chi connectivity index (χ0n) is 8.85. The van der Waals surface area contributed by atoms with Crippen LogP contribution in [0.15, 0.2) is 30.5 Å². The van der Waals surface area contributed by atoms with E-state index in [0.717, 1.165) is 15.4 Å². The van der Waals surface area contributed by atoms with Crippen LogP contribution in [0.3, 0.4) is 0 Å². The fourth-order valence-corrected chi connectivity index (χ4v) is 2.50. The normalized spacial score (nSPS) is 12.7. The Balaban J connectivity index is 2.10. The predicted molar refractivity (Wildman–Crippen MR) is 67.0 cm³/mol. The van der Waals surface area contributed by atoms with Crippen molar-refractivity contribution < 1.29 is 5.11 Å². The second-order valence-corrected chi connectivity index (χ2v) is 5.33. The number of rotatable bonds is 3. The third-order valence-corrected chi connectivity index (χ3v) is 3.53. The molecule has 1 unspecified atom stereocenters. The molecular weight excluding hydrogens is 242 g/mol. The van der Waals surface area contributed by atoms with Gasteiger partial charge in [0.25, 0.3) is 0 Å². The van der Waals surface area contributed by atoms with E-state index in [1.165, 1.54) is 11.3 Å². The molecule has 0 spiro atoms. The fraction of sp³-hybridized carbons (Fsp3) is 0.250. The second-order valence-electron chi connectivity index (χ2n) is 3.63. The standard InChI is InChI=1S/C12H12ClNOS/c1-8-14-7-12(16-8)11(15)6-9-3-2-4-10(13)5-9/h2-5,7,11,15H,6H2,1H3. The monoisotopic (exact) mass is 253 g/mol. The minimum Gasteiger partial charge on any atom is -0.387 e. The lowest BCUT2D eigenvalue weighted by Gasteiger charge is -2.07. The van der Waals surface area contributed by atoms with Crippen LogP contribution < -0.4 is 0 Å². The maximum atomic E-state index is 10.0. The van der Waals surface area contributed by atoms with Crippen molar-refractivity contribution in [2.45, 2.75) is 19.4 Å². The van der Waals surface area contributed by atoms with E-state index in [1.807, 2.05) is 31.2 Å². The number of aliphatic hydroxyl groups excluding tert-OH is 1. The molecule has 0 aliphatic rings. The van der Waals surface area contributed by atoms with E-state index in [0.29, 0.717) is 11.4 Å². The summed E-state index contributed by atoms with van der Waals surface area (Å²) in [7, 11) is 0. The summed E-state index contributed by atoms with van der Waals surface area (Å²) in [6, 6.07) is 7.55. The number of benzene rings is 1. The van der Waals surface area contributed by atoms with E-state index in [9.17, 15) is 5.11 Å². The van der Waals surface area contributed by atoms with Crippen LogP contribution >= 0.6 is 22.9 Å². The number of nitrogens with zero attached hydrogens (tertiary/aromatic N) is 1. The number of thiazole rings is 1. The highest BCUT2D eigenvalue weighted by atomic mass is 35.5. The van der Waals surface area contributed by atoms with Gasteiger partial charge in [-0.3, -0.25) is 0 Å². The van der Waals surface area contributed by atoms with Gasteiger partial charge >= 0.3 is 0 Å². The van der Waals surface area contributed by atoms with E-state index in [2.05, 4.69) is 4.98 Å². The molecule has 0 aliphatic heterocycles. The highest BCUT2D eigenvalue weighted by molar-refractivity contribution is 7.11. The summed E-state index contributed by atoms with van der Waals surface area (Å²) in [6.07, 6.45) is 1.81. The summed E-state index contributed by atoms with van der Waals surface area (Å²) in [6.45, 7) is 1.93. The number of aromatic nitrogens is 1. The Morgan fingerprint density at radius 3 is 2.94 bits per heavy atom. The van der Waals surface area contributed by atoms with Crippen molar-refractivity contribution in [3.05, 3.63) is 50.9 Å². The molecule has 2 aromatic rings.